The average Bonchev–Trinajstić information content (AvgIpc) is 2.91. The highest BCUT2D eigenvalue weighted by molar-refractivity contribution is 5.62. The minimum absolute atomic E-state index is 0.389. The molecule has 1 aromatic carbocycles. The van der Waals surface area contributed by atoms with E-state index >= 15 is 0 Å². The van der Waals surface area contributed by atoms with Crippen LogP contribution < -0.4 is 11.1 Å². The summed E-state index contributed by atoms with van der Waals surface area (Å²) in [6, 6.07) is 4.59. The van der Waals surface area contributed by atoms with E-state index in [9.17, 15) is 0 Å². The Morgan fingerprint density at radius 2 is 2.18 bits per heavy atom. The fraction of sp³-hybridized carbons (Fsp3) is 0.600. The Kier molecular flexibility index (Phi) is 2.44. The topological polar surface area (TPSA) is 38.0 Å². The van der Waals surface area contributed by atoms with Gasteiger partial charge in [-0.3, -0.25) is 0 Å². The van der Waals surface area contributed by atoms with E-state index in [-0.39, 0.29) is 0 Å². The van der Waals surface area contributed by atoms with E-state index in [0.717, 1.165) is 31.0 Å². The lowest BCUT2D eigenvalue weighted by atomic mass is 9.88. The second-order valence-corrected chi connectivity index (χ2v) is 5.56. The molecule has 2 unspecified atom stereocenters. The maximum absolute atomic E-state index is 6.43. The lowest BCUT2D eigenvalue weighted by Crippen LogP contribution is -2.21. The number of hydrogen-bond acceptors (Lipinski definition) is 2. The average molecular weight is 230 g/mol. The van der Waals surface area contributed by atoms with Crippen molar-refractivity contribution in [3.05, 3.63) is 28.8 Å². The zero-order valence-corrected chi connectivity index (χ0v) is 10.8. The fourth-order valence-corrected chi connectivity index (χ4v) is 3.65. The molecule has 1 saturated heterocycles. The Morgan fingerprint density at radius 1 is 1.35 bits per heavy atom. The fourth-order valence-electron chi connectivity index (χ4n) is 3.65. The van der Waals surface area contributed by atoms with Gasteiger partial charge in [0.05, 0.1) is 0 Å². The number of anilines is 1. The van der Waals surface area contributed by atoms with Gasteiger partial charge in [0.2, 0.25) is 0 Å². The lowest BCUT2D eigenvalue weighted by Gasteiger charge is -2.19. The summed E-state index contributed by atoms with van der Waals surface area (Å²) in [5, 5.41) is 3.50. The van der Waals surface area contributed by atoms with E-state index in [4.69, 9.17) is 5.73 Å². The summed E-state index contributed by atoms with van der Waals surface area (Å²) >= 11 is 0. The van der Waals surface area contributed by atoms with Gasteiger partial charge in [-0.25, -0.2) is 0 Å². The van der Waals surface area contributed by atoms with Crippen molar-refractivity contribution in [1.29, 1.82) is 0 Å². The van der Waals surface area contributed by atoms with Crippen LogP contribution in [0.4, 0.5) is 5.69 Å². The number of rotatable bonds is 3. The largest absolute Gasteiger partial charge is 0.398 e. The summed E-state index contributed by atoms with van der Waals surface area (Å²) in [5.74, 6) is 0.835. The second kappa shape index (κ2) is 3.74. The molecule has 2 nitrogen and oxygen atoms in total. The molecule has 1 aromatic rings. The Morgan fingerprint density at radius 3 is 2.71 bits per heavy atom. The SMILES string of the molecule is CCc1ccc(C23CNCC2C3)c(N)c1CC. The zero-order valence-electron chi connectivity index (χ0n) is 10.8. The Balaban J connectivity index is 2.07. The van der Waals surface area contributed by atoms with Gasteiger partial charge in [0, 0.05) is 17.6 Å². The summed E-state index contributed by atoms with van der Waals surface area (Å²) in [5.41, 5.74) is 12.1. The van der Waals surface area contributed by atoms with Crippen LogP contribution in [0.15, 0.2) is 12.1 Å². The molecule has 92 valence electrons. The van der Waals surface area contributed by atoms with Crippen LogP contribution in [0.1, 0.15) is 37.0 Å². The molecule has 3 rings (SSSR count). The van der Waals surface area contributed by atoms with Crippen LogP contribution >= 0.6 is 0 Å². The van der Waals surface area contributed by atoms with Crippen molar-refractivity contribution in [2.24, 2.45) is 5.92 Å². The Labute approximate surface area is 104 Å². The summed E-state index contributed by atoms with van der Waals surface area (Å²) in [7, 11) is 0. The Hall–Kier alpha value is -1.02. The molecular weight excluding hydrogens is 208 g/mol. The third kappa shape index (κ3) is 1.43. The van der Waals surface area contributed by atoms with Gasteiger partial charge >= 0.3 is 0 Å². The first-order chi connectivity index (χ1) is 8.23. The summed E-state index contributed by atoms with van der Waals surface area (Å²) in [4.78, 5) is 0. The summed E-state index contributed by atoms with van der Waals surface area (Å²) in [6.45, 7) is 6.72. The first kappa shape index (κ1) is 11.1. The molecule has 2 atom stereocenters. The van der Waals surface area contributed by atoms with Crippen LogP contribution in [-0.2, 0) is 18.3 Å². The van der Waals surface area contributed by atoms with Gasteiger partial charge in [0.1, 0.15) is 0 Å². The highest BCUT2D eigenvalue weighted by atomic mass is 15.0. The monoisotopic (exact) mass is 230 g/mol. The lowest BCUT2D eigenvalue weighted by molar-refractivity contribution is 0.676. The molecule has 0 spiro atoms. The van der Waals surface area contributed by atoms with Gasteiger partial charge in [-0.05, 0) is 48.4 Å². The summed E-state index contributed by atoms with van der Waals surface area (Å²) < 4.78 is 0. The van der Waals surface area contributed by atoms with Crippen LogP contribution in [0.2, 0.25) is 0 Å². The molecule has 1 saturated carbocycles. The van der Waals surface area contributed by atoms with Gasteiger partial charge in [-0.2, -0.15) is 0 Å². The van der Waals surface area contributed by atoms with Crippen LogP contribution in [0, 0.1) is 5.92 Å². The van der Waals surface area contributed by atoms with Crippen molar-refractivity contribution in [3.63, 3.8) is 0 Å². The van der Waals surface area contributed by atoms with Crippen molar-refractivity contribution < 1.29 is 0 Å². The van der Waals surface area contributed by atoms with Gasteiger partial charge in [0.25, 0.3) is 0 Å². The van der Waals surface area contributed by atoms with E-state index in [1.165, 1.54) is 29.7 Å². The molecule has 1 aliphatic heterocycles. The van der Waals surface area contributed by atoms with Gasteiger partial charge in [0.15, 0.2) is 0 Å². The number of piperidine rings is 1. The Bertz CT molecular complexity index is 452. The molecule has 2 fully saturated rings. The number of hydrogen-bond donors (Lipinski definition) is 2. The number of nitrogen functional groups attached to an aromatic ring is 1. The highest BCUT2D eigenvalue weighted by Crippen LogP contribution is 2.58. The number of fused-ring (bicyclic) bond motifs is 1. The highest BCUT2D eigenvalue weighted by Gasteiger charge is 2.58. The molecule has 3 N–H and O–H groups in total. The van der Waals surface area contributed by atoms with E-state index in [1.54, 1.807) is 0 Å². The van der Waals surface area contributed by atoms with Crippen LogP contribution in [-0.4, -0.2) is 13.1 Å². The number of nitrogens with one attached hydrogen (secondary N) is 1. The molecule has 0 aromatic heterocycles. The molecule has 0 radical (unpaired) electrons. The number of aryl methyl sites for hydroxylation is 1. The second-order valence-electron chi connectivity index (χ2n) is 5.56. The van der Waals surface area contributed by atoms with Crippen molar-refractivity contribution in [3.8, 4) is 0 Å². The molecule has 0 amide bonds. The van der Waals surface area contributed by atoms with E-state index in [1.807, 2.05) is 0 Å². The minimum Gasteiger partial charge on any atom is -0.398 e. The molecule has 1 aliphatic carbocycles. The molecule has 1 heterocycles. The molecule has 2 aliphatic rings. The molecular formula is C15H22N2. The van der Waals surface area contributed by atoms with Crippen LogP contribution in [0.3, 0.4) is 0 Å². The first-order valence-corrected chi connectivity index (χ1v) is 6.84. The maximum Gasteiger partial charge on any atom is 0.0388 e. The van der Waals surface area contributed by atoms with E-state index in [2.05, 4.69) is 31.3 Å². The predicted molar refractivity (Wildman–Crippen MR) is 72.3 cm³/mol. The third-order valence-corrected chi connectivity index (χ3v) is 4.79. The molecule has 0 bridgehead atoms. The quantitative estimate of drug-likeness (QED) is 0.782. The van der Waals surface area contributed by atoms with Crippen LogP contribution in [0.5, 0.6) is 0 Å². The first-order valence-electron chi connectivity index (χ1n) is 6.84. The third-order valence-electron chi connectivity index (χ3n) is 4.79. The van der Waals surface area contributed by atoms with Gasteiger partial charge in [-0.15, -0.1) is 0 Å². The number of benzene rings is 1. The molecule has 17 heavy (non-hydrogen) atoms. The normalized spacial score (nSPS) is 30.4. The predicted octanol–water partition coefficient (Wildman–Crippen LogP) is 2.25. The van der Waals surface area contributed by atoms with Crippen LogP contribution in [0.25, 0.3) is 0 Å². The molecule has 2 heteroatoms. The van der Waals surface area contributed by atoms with E-state index < -0.39 is 0 Å². The van der Waals surface area contributed by atoms with Gasteiger partial charge in [-0.1, -0.05) is 26.0 Å². The van der Waals surface area contributed by atoms with Crippen molar-refractivity contribution in [2.75, 3.05) is 18.8 Å². The standard InChI is InChI=1S/C15H22N2/c1-3-10-5-6-13(14(16)12(10)4-2)15-7-11(15)8-17-9-15/h5-6,11,17H,3-4,7-9,16H2,1-2H3. The summed E-state index contributed by atoms with van der Waals surface area (Å²) in [6.07, 6.45) is 3.47. The zero-order chi connectivity index (χ0) is 12.0. The van der Waals surface area contributed by atoms with E-state index in [0.29, 0.717) is 5.41 Å². The minimum atomic E-state index is 0.389. The number of nitrogens with two attached hydrogens (primary N) is 1. The smallest absolute Gasteiger partial charge is 0.0388 e. The maximum atomic E-state index is 6.43. The van der Waals surface area contributed by atoms with Crippen molar-refractivity contribution in [2.45, 2.75) is 38.5 Å². The van der Waals surface area contributed by atoms with Gasteiger partial charge < -0.3 is 11.1 Å². The van der Waals surface area contributed by atoms with Crippen molar-refractivity contribution in [1.82, 2.24) is 5.32 Å². The van der Waals surface area contributed by atoms with Crippen molar-refractivity contribution >= 4 is 5.69 Å².